The lowest BCUT2D eigenvalue weighted by molar-refractivity contribution is 0.488. The van der Waals surface area contributed by atoms with Crippen LogP contribution in [-0.2, 0) is 0 Å². The molecule has 0 aliphatic carbocycles. The Morgan fingerprint density at radius 1 is 0.789 bits per heavy atom. The van der Waals surface area contributed by atoms with Gasteiger partial charge in [0.2, 0.25) is 0 Å². The third-order valence-electron chi connectivity index (χ3n) is 3.08. The second kappa shape index (κ2) is 5.06. The fourth-order valence-electron chi connectivity index (χ4n) is 2.06. The Bertz CT molecular complexity index is 717. The zero-order chi connectivity index (χ0) is 13.2. The van der Waals surface area contributed by atoms with Crippen LogP contribution in [-0.4, -0.2) is 0 Å². The SMILES string of the molecule is Cc1ccc(Oc2ccc(Br)c3ccccc23)cc1. The smallest absolute Gasteiger partial charge is 0.135 e. The number of hydrogen-bond acceptors (Lipinski definition) is 1. The summed E-state index contributed by atoms with van der Waals surface area (Å²) in [6.45, 7) is 2.07. The number of rotatable bonds is 2. The van der Waals surface area contributed by atoms with Gasteiger partial charge in [-0.2, -0.15) is 0 Å². The van der Waals surface area contributed by atoms with Gasteiger partial charge >= 0.3 is 0 Å². The minimum atomic E-state index is 0.859. The highest BCUT2D eigenvalue weighted by molar-refractivity contribution is 9.10. The largest absolute Gasteiger partial charge is 0.457 e. The predicted molar refractivity (Wildman–Crippen MR) is 82.9 cm³/mol. The number of aryl methyl sites for hydroxylation is 1. The summed E-state index contributed by atoms with van der Waals surface area (Å²) in [6.07, 6.45) is 0. The van der Waals surface area contributed by atoms with Gasteiger partial charge < -0.3 is 4.74 Å². The van der Waals surface area contributed by atoms with Crippen LogP contribution < -0.4 is 4.74 Å². The molecule has 2 heteroatoms. The van der Waals surface area contributed by atoms with Crippen LogP contribution in [0.1, 0.15) is 5.56 Å². The van der Waals surface area contributed by atoms with Crippen molar-refractivity contribution >= 4 is 26.7 Å². The van der Waals surface area contributed by atoms with E-state index in [0.717, 1.165) is 26.7 Å². The Morgan fingerprint density at radius 3 is 2.21 bits per heavy atom. The fraction of sp³-hybridized carbons (Fsp3) is 0.0588. The van der Waals surface area contributed by atoms with Crippen molar-refractivity contribution in [1.29, 1.82) is 0 Å². The van der Waals surface area contributed by atoms with Crippen molar-refractivity contribution < 1.29 is 4.74 Å². The van der Waals surface area contributed by atoms with Crippen LogP contribution in [0, 0.1) is 6.92 Å². The molecule has 0 heterocycles. The minimum Gasteiger partial charge on any atom is -0.457 e. The van der Waals surface area contributed by atoms with Gasteiger partial charge in [0, 0.05) is 9.86 Å². The monoisotopic (exact) mass is 312 g/mol. The molecule has 0 aromatic heterocycles. The molecular formula is C17H13BrO. The third kappa shape index (κ3) is 2.49. The molecule has 19 heavy (non-hydrogen) atoms. The first-order valence-corrected chi connectivity index (χ1v) is 6.95. The molecule has 0 saturated heterocycles. The van der Waals surface area contributed by atoms with Crippen molar-refractivity contribution in [2.75, 3.05) is 0 Å². The molecule has 0 fully saturated rings. The molecule has 0 N–H and O–H groups in total. The first-order valence-electron chi connectivity index (χ1n) is 6.16. The predicted octanol–water partition coefficient (Wildman–Crippen LogP) is 5.70. The highest BCUT2D eigenvalue weighted by Gasteiger charge is 2.05. The number of benzene rings is 3. The second-order valence-electron chi connectivity index (χ2n) is 4.51. The van der Waals surface area contributed by atoms with Gasteiger partial charge in [0.15, 0.2) is 0 Å². The Balaban J connectivity index is 2.06. The number of ether oxygens (including phenoxy) is 1. The number of halogens is 1. The van der Waals surface area contributed by atoms with Gasteiger partial charge in [-0.1, -0.05) is 57.9 Å². The molecular weight excluding hydrogens is 300 g/mol. The Hall–Kier alpha value is -1.80. The summed E-state index contributed by atoms with van der Waals surface area (Å²) in [5.74, 6) is 1.74. The van der Waals surface area contributed by atoms with Crippen LogP contribution in [0.5, 0.6) is 11.5 Å². The highest BCUT2D eigenvalue weighted by atomic mass is 79.9. The van der Waals surface area contributed by atoms with Crippen LogP contribution in [0.4, 0.5) is 0 Å². The van der Waals surface area contributed by atoms with Gasteiger partial charge in [0.05, 0.1) is 0 Å². The van der Waals surface area contributed by atoms with Crippen LogP contribution in [0.25, 0.3) is 10.8 Å². The summed E-state index contributed by atoms with van der Waals surface area (Å²) in [5, 5.41) is 2.27. The van der Waals surface area contributed by atoms with Gasteiger partial charge in [0.25, 0.3) is 0 Å². The average Bonchev–Trinajstić information content (AvgIpc) is 2.45. The van der Waals surface area contributed by atoms with E-state index in [4.69, 9.17) is 4.74 Å². The van der Waals surface area contributed by atoms with Crippen LogP contribution >= 0.6 is 15.9 Å². The van der Waals surface area contributed by atoms with Crippen molar-refractivity contribution in [2.24, 2.45) is 0 Å². The van der Waals surface area contributed by atoms with E-state index in [0.29, 0.717) is 0 Å². The second-order valence-corrected chi connectivity index (χ2v) is 5.36. The third-order valence-corrected chi connectivity index (χ3v) is 3.77. The standard InChI is InChI=1S/C17H13BrO/c1-12-6-8-13(9-7-12)19-17-11-10-16(18)14-4-2-3-5-15(14)17/h2-11H,1H3. The maximum Gasteiger partial charge on any atom is 0.135 e. The maximum absolute atomic E-state index is 5.98. The van der Waals surface area contributed by atoms with Crippen LogP contribution in [0.2, 0.25) is 0 Å². The average molecular weight is 313 g/mol. The van der Waals surface area contributed by atoms with E-state index in [1.807, 2.05) is 36.4 Å². The molecule has 0 saturated carbocycles. The van der Waals surface area contributed by atoms with Gasteiger partial charge in [-0.05, 0) is 36.6 Å². The molecule has 0 radical (unpaired) electrons. The Morgan fingerprint density at radius 2 is 1.47 bits per heavy atom. The van der Waals surface area contributed by atoms with Crippen molar-refractivity contribution in [3.05, 3.63) is 70.7 Å². The fourth-order valence-corrected chi connectivity index (χ4v) is 2.53. The molecule has 3 rings (SSSR count). The summed E-state index contributed by atoms with van der Waals surface area (Å²) in [4.78, 5) is 0. The summed E-state index contributed by atoms with van der Waals surface area (Å²) in [6, 6.07) is 20.3. The highest BCUT2D eigenvalue weighted by Crippen LogP contribution is 2.34. The van der Waals surface area contributed by atoms with E-state index in [9.17, 15) is 0 Å². The van der Waals surface area contributed by atoms with E-state index in [1.54, 1.807) is 0 Å². The molecule has 0 bridgehead atoms. The van der Waals surface area contributed by atoms with E-state index in [2.05, 4.69) is 47.1 Å². The molecule has 3 aromatic rings. The van der Waals surface area contributed by atoms with E-state index in [1.165, 1.54) is 5.56 Å². The van der Waals surface area contributed by atoms with E-state index < -0.39 is 0 Å². The molecule has 0 spiro atoms. The lowest BCUT2D eigenvalue weighted by atomic mass is 10.1. The van der Waals surface area contributed by atoms with E-state index >= 15 is 0 Å². The Kier molecular flexibility index (Phi) is 3.26. The van der Waals surface area contributed by atoms with Crippen molar-refractivity contribution in [3.63, 3.8) is 0 Å². The normalized spacial score (nSPS) is 10.6. The molecule has 0 unspecified atom stereocenters. The van der Waals surface area contributed by atoms with E-state index in [-0.39, 0.29) is 0 Å². The maximum atomic E-state index is 5.98. The molecule has 0 aliphatic rings. The van der Waals surface area contributed by atoms with Crippen LogP contribution in [0.15, 0.2) is 65.1 Å². The van der Waals surface area contributed by atoms with Crippen molar-refractivity contribution in [2.45, 2.75) is 6.92 Å². The molecule has 0 amide bonds. The Labute approximate surface area is 121 Å². The first-order chi connectivity index (χ1) is 9.24. The van der Waals surface area contributed by atoms with Gasteiger partial charge in [0.1, 0.15) is 11.5 Å². The minimum absolute atomic E-state index is 0.859. The summed E-state index contributed by atoms with van der Waals surface area (Å²) < 4.78 is 7.06. The topological polar surface area (TPSA) is 9.23 Å². The summed E-state index contributed by atoms with van der Waals surface area (Å²) >= 11 is 3.57. The lowest BCUT2D eigenvalue weighted by Crippen LogP contribution is -1.86. The van der Waals surface area contributed by atoms with Gasteiger partial charge in [-0.15, -0.1) is 0 Å². The van der Waals surface area contributed by atoms with Crippen molar-refractivity contribution in [1.82, 2.24) is 0 Å². The molecule has 94 valence electrons. The van der Waals surface area contributed by atoms with Gasteiger partial charge in [-0.3, -0.25) is 0 Å². The molecule has 0 aliphatic heterocycles. The molecule has 3 aromatic carbocycles. The molecule has 0 atom stereocenters. The molecule has 1 nitrogen and oxygen atoms in total. The summed E-state index contributed by atoms with van der Waals surface area (Å²) in [7, 11) is 0. The zero-order valence-corrected chi connectivity index (χ0v) is 12.1. The number of hydrogen-bond donors (Lipinski definition) is 0. The van der Waals surface area contributed by atoms with Crippen molar-refractivity contribution in [3.8, 4) is 11.5 Å². The van der Waals surface area contributed by atoms with Gasteiger partial charge in [-0.25, -0.2) is 0 Å². The first kappa shape index (κ1) is 12.2. The summed E-state index contributed by atoms with van der Waals surface area (Å²) in [5.41, 5.74) is 1.23. The van der Waals surface area contributed by atoms with Crippen LogP contribution in [0.3, 0.4) is 0 Å². The number of fused-ring (bicyclic) bond motifs is 1. The zero-order valence-electron chi connectivity index (χ0n) is 10.6. The lowest BCUT2D eigenvalue weighted by Gasteiger charge is -2.10. The quantitative estimate of drug-likeness (QED) is 0.589.